The SMILES string of the molecule is CC(=O)OC1CC(=O)N1c1ccccc1. The second-order valence-corrected chi connectivity index (χ2v) is 3.37. The molecular weight excluding hydrogens is 194 g/mol. The van der Waals surface area contributed by atoms with Crippen LogP contribution in [0.2, 0.25) is 0 Å². The number of rotatable bonds is 2. The van der Waals surface area contributed by atoms with Crippen molar-refractivity contribution in [2.45, 2.75) is 19.6 Å². The van der Waals surface area contributed by atoms with E-state index in [0.717, 1.165) is 5.69 Å². The number of carbonyl (C=O) groups is 2. The lowest BCUT2D eigenvalue weighted by Gasteiger charge is -2.38. The molecule has 0 bridgehead atoms. The molecule has 1 amide bonds. The van der Waals surface area contributed by atoms with Gasteiger partial charge >= 0.3 is 5.97 Å². The summed E-state index contributed by atoms with van der Waals surface area (Å²) in [5, 5.41) is 0. The molecule has 1 saturated heterocycles. The monoisotopic (exact) mass is 205 g/mol. The van der Waals surface area contributed by atoms with Gasteiger partial charge in [-0.05, 0) is 12.1 Å². The first kappa shape index (κ1) is 9.71. The van der Waals surface area contributed by atoms with Gasteiger partial charge in [-0.25, -0.2) is 0 Å². The molecule has 1 atom stereocenters. The summed E-state index contributed by atoms with van der Waals surface area (Å²) in [5.41, 5.74) is 0.764. The van der Waals surface area contributed by atoms with E-state index in [1.165, 1.54) is 11.8 Å². The van der Waals surface area contributed by atoms with Gasteiger partial charge in [0, 0.05) is 12.6 Å². The lowest BCUT2D eigenvalue weighted by molar-refractivity contribution is -0.153. The van der Waals surface area contributed by atoms with Crippen molar-refractivity contribution in [2.24, 2.45) is 0 Å². The van der Waals surface area contributed by atoms with Gasteiger partial charge in [0.25, 0.3) is 0 Å². The Balaban J connectivity index is 2.14. The van der Waals surface area contributed by atoms with Crippen LogP contribution in [0.1, 0.15) is 13.3 Å². The van der Waals surface area contributed by atoms with Crippen molar-refractivity contribution in [1.82, 2.24) is 0 Å². The summed E-state index contributed by atoms with van der Waals surface area (Å²) in [6.45, 7) is 1.34. The first-order chi connectivity index (χ1) is 7.18. The van der Waals surface area contributed by atoms with Crippen LogP contribution in [0.25, 0.3) is 0 Å². The molecular formula is C11H11NO3. The Morgan fingerprint density at radius 3 is 2.60 bits per heavy atom. The van der Waals surface area contributed by atoms with Crippen LogP contribution in [-0.4, -0.2) is 18.1 Å². The normalized spacial score (nSPS) is 19.7. The molecule has 0 spiro atoms. The van der Waals surface area contributed by atoms with Crippen LogP contribution >= 0.6 is 0 Å². The van der Waals surface area contributed by atoms with E-state index in [0.29, 0.717) is 0 Å². The largest absolute Gasteiger partial charge is 0.441 e. The van der Waals surface area contributed by atoms with Crippen molar-refractivity contribution in [1.29, 1.82) is 0 Å². The van der Waals surface area contributed by atoms with Gasteiger partial charge < -0.3 is 4.74 Å². The number of hydrogen-bond acceptors (Lipinski definition) is 3. The third-order valence-electron chi connectivity index (χ3n) is 2.24. The van der Waals surface area contributed by atoms with Crippen molar-refractivity contribution < 1.29 is 14.3 Å². The Kier molecular flexibility index (Phi) is 2.41. The Morgan fingerprint density at radius 1 is 1.40 bits per heavy atom. The van der Waals surface area contributed by atoms with Crippen LogP contribution in [0.3, 0.4) is 0 Å². The van der Waals surface area contributed by atoms with E-state index < -0.39 is 6.23 Å². The second-order valence-electron chi connectivity index (χ2n) is 3.37. The molecule has 0 radical (unpaired) electrons. The highest BCUT2D eigenvalue weighted by atomic mass is 16.6. The smallest absolute Gasteiger partial charge is 0.304 e. The van der Waals surface area contributed by atoms with E-state index in [-0.39, 0.29) is 18.3 Å². The van der Waals surface area contributed by atoms with Crippen molar-refractivity contribution in [3.8, 4) is 0 Å². The van der Waals surface area contributed by atoms with E-state index in [2.05, 4.69) is 0 Å². The van der Waals surface area contributed by atoms with Crippen LogP contribution in [0.15, 0.2) is 30.3 Å². The molecule has 0 aromatic heterocycles. The van der Waals surface area contributed by atoms with Crippen LogP contribution < -0.4 is 4.90 Å². The molecule has 1 fully saturated rings. The number of esters is 1. The maximum absolute atomic E-state index is 11.4. The number of ether oxygens (including phenoxy) is 1. The minimum atomic E-state index is -0.433. The molecule has 2 rings (SSSR count). The van der Waals surface area contributed by atoms with Crippen molar-refractivity contribution in [3.63, 3.8) is 0 Å². The lowest BCUT2D eigenvalue weighted by Crippen LogP contribution is -2.54. The second kappa shape index (κ2) is 3.73. The number of para-hydroxylation sites is 1. The number of hydrogen-bond donors (Lipinski definition) is 0. The number of β-lactam (4-membered cyclic amide) rings is 1. The molecule has 1 heterocycles. The van der Waals surface area contributed by atoms with Crippen LogP contribution in [0, 0.1) is 0 Å². The number of carbonyl (C=O) groups excluding carboxylic acids is 2. The minimum absolute atomic E-state index is 0.0209. The summed E-state index contributed by atoms with van der Waals surface area (Å²) in [5.74, 6) is -0.388. The number of nitrogens with zero attached hydrogens (tertiary/aromatic N) is 1. The summed E-state index contributed by atoms with van der Waals surface area (Å²) < 4.78 is 4.99. The summed E-state index contributed by atoms with van der Waals surface area (Å²) in [6, 6.07) is 9.17. The average molecular weight is 205 g/mol. The summed E-state index contributed by atoms with van der Waals surface area (Å²) in [4.78, 5) is 23.6. The quantitative estimate of drug-likeness (QED) is 0.540. The van der Waals surface area contributed by atoms with E-state index in [1.54, 1.807) is 0 Å². The van der Waals surface area contributed by atoms with Gasteiger partial charge in [-0.3, -0.25) is 14.5 Å². The Morgan fingerprint density at radius 2 is 2.07 bits per heavy atom. The molecule has 4 heteroatoms. The highest BCUT2D eigenvalue weighted by Crippen LogP contribution is 2.28. The third kappa shape index (κ3) is 1.83. The molecule has 15 heavy (non-hydrogen) atoms. The van der Waals surface area contributed by atoms with Crippen LogP contribution in [0.4, 0.5) is 5.69 Å². The van der Waals surface area contributed by atoms with Crippen LogP contribution in [-0.2, 0) is 14.3 Å². The molecule has 4 nitrogen and oxygen atoms in total. The molecule has 1 aromatic rings. The van der Waals surface area contributed by atoms with E-state index in [9.17, 15) is 9.59 Å². The maximum Gasteiger partial charge on any atom is 0.304 e. The molecule has 1 aromatic carbocycles. The molecule has 0 aliphatic carbocycles. The predicted molar refractivity (Wildman–Crippen MR) is 54.1 cm³/mol. The van der Waals surface area contributed by atoms with Gasteiger partial charge in [0.1, 0.15) is 0 Å². The van der Waals surface area contributed by atoms with Gasteiger partial charge in [0.2, 0.25) is 5.91 Å². The van der Waals surface area contributed by atoms with Gasteiger partial charge in [-0.2, -0.15) is 0 Å². The Bertz CT molecular complexity index is 388. The molecule has 1 unspecified atom stereocenters. The minimum Gasteiger partial charge on any atom is -0.441 e. The number of amides is 1. The van der Waals surface area contributed by atoms with Crippen molar-refractivity contribution in [3.05, 3.63) is 30.3 Å². The van der Waals surface area contributed by atoms with Gasteiger partial charge in [-0.15, -0.1) is 0 Å². The molecule has 78 valence electrons. The first-order valence-corrected chi connectivity index (χ1v) is 4.73. The summed E-state index contributed by atoms with van der Waals surface area (Å²) in [7, 11) is 0. The molecule has 0 saturated carbocycles. The van der Waals surface area contributed by atoms with Crippen molar-refractivity contribution >= 4 is 17.6 Å². The molecule has 1 aliphatic heterocycles. The zero-order chi connectivity index (χ0) is 10.8. The zero-order valence-electron chi connectivity index (χ0n) is 8.34. The predicted octanol–water partition coefficient (Wildman–Crippen LogP) is 1.31. The van der Waals surface area contributed by atoms with Crippen molar-refractivity contribution in [2.75, 3.05) is 4.90 Å². The average Bonchev–Trinajstić information content (AvgIpc) is 2.17. The fraction of sp³-hybridized carbons (Fsp3) is 0.273. The van der Waals surface area contributed by atoms with Crippen LogP contribution in [0.5, 0.6) is 0 Å². The van der Waals surface area contributed by atoms with Gasteiger partial charge in [0.15, 0.2) is 6.23 Å². The first-order valence-electron chi connectivity index (χ1n) is 4.73. The molecule has 0 N–H and O–H groups in total. The topological polar surface area (TPSA) is 46.6 Å². The zero-order valence-corrected chi connectivity index (χ0v) is 8.34. The Labute approximate surface area is 87.4 Å². The summed E-state index contributed by atoms with van der Waals surface area (Å²) >= 11 is 0. The highest BCUT2D eigenvalue weighted by molar-refractivity contribution is 6.00. The fourth-order valence-corrected chi connectivity index (χ4v) is 1.57. The number of anilines is 1. The van der Waals surface area contributed by atoms with E-state index in [4.69, 9.17) is 4.74 Å². The van der Waals surface area contributed by atoms with E-state index in [1.807, 2.05) is 30.3 Å². The summed E-state index contributed by atoms with van der Waals surface area (Å²) in [6.07, 6.45) is -0.161. The third-order valence-corrected chi connectivity index (χ3v) is 2.24. The van der Waals surface area contributed by atoms with Gasteiger partial charge in [-0.1, -0.05) is 18.2 Å². The lowest BCUT2D eigenvalue weighted by atomic mass is 10.1. The van der Waals surface area contributed by atoms with Gasteiger partial charge in [0.05, 0.1) is 6.42 Å². The molecule has 1 aliphatic rings. The van der Waals surface area contributed by atoms with E-state index >= 15 is 0 Å². The maximum atomic E-state index is 11.4. The highest BCUT2D eigenvalue weighted by Gasteiger charge is 2.39. The standard InChI is InChI=1S/C11H11NO3/c1-8(13)15-11-7-10(14)12(11)9-5-3-2-4-6-9/h2-6,11H,7H2,1H3. The fourth-order valence-electron chi connectivity index (χ4n) is 1.57. The number of benzene rings is 1. The Hall–Kier alpha value is -1.84.